The number of rotatable bonds is 1. The summed E-state index contributed by atoms with van der Waals surface area (Å²) in [4.78, 5) is 11.3. The summed E-state index contributed by atoms with van der Waals surface area (Å²) in [5.74, 6) is 0.855. The highest BCUT2D eigenvalue weighted by Crippen LogP contribution is 2.55. The van der Waals surface area contributed by atoms with Gasteiger partial charge in [0.05, 0.1) is 0 Å². The summed E-state index contributed by atoms with van der Waals surface area (Å²) in [6, 6.07) is 16.3. The van der Waals surface area contributed by atoms with Gasteiger partial charge in [-0.2, -0.15) is 13.2 Å². The van der Waals surface area contributed by atoms with Crippen LogP contribution in [-0.2, 0) is 16.6 Å². The summed E-state index contributed by atoms with van der Waals surface area (Å²) in [6.45, 7) is 1.26. The third-order valence-electron chi connectivity index (χ3n) is 7.43. The van der Waals surface area contributed by atoms with E-state index in [0.29, 0.717) is 5.41 Å². The zero-order valence-electron chi connectivity index (χ0n) is 17.6. The Labute approximate surface area is 186 Å². The highest BCUT2D eigenvalue weighted by Gasteiger charge is 2.52. The van der Waals surface area contributed by atoms with Crippen LogP contribution in [0, 0.1) is 5.92 Å². The summed E-state index contributed by atoms with van der Waals surface area (Å²) in [6.07, 6.45) is 2.49. The first-order chi connectivity index (χ1) is 14.7. The molecule has 2 bridgehead atoms. The number of likely N-dealkylation sites (N-methyl/N-ethyl adjacent to an activating group) is 1. The normalized spacial score (nSPS) is 27.4. The minimum absolute atomic E-state index is 0.436. The monoisotopic (exact) mass is 449 g/mol. The molecule has 1 saturated carbocycles. The highest BCUT2D eigenvalue weighted by atomic mass is 35.5. The molecule has 2 aromatic carbocycles. The second kappa shape index (κ2) is 8.59. The van der Waals surface area contributed by atoms with E-state index < -0.39 is 12.5 Å². The van der Waals surface area contributed by atoms with E-state index >= 15 is 0 Å². The fourth-order valence-electron chi connectivity index (χ4n) is 6.02. The van der Waals surface area contributed by atoms with Gasteiger partial charge in [-0.3, -0.25) is 4.79 Å². The number of hydrogen-bond donors (Lipinski definition) is 0. The van der Waals surface area contributed by atoms with Gasteiger partial charge in [0.15, 0.2) is 0 Å². The molecule has 2 aliphatic carbocycles. The fourth-order valence-corrected chi connectivity index (χ4v) is 6.14. The highest BCUT2D eigenvalue weighted by molar-refractivity contribution is 6.30. The number of piperidine rings is 1. The van der Waals surface area contributed by atoms with Gasteiger partial charge in [0.1, 0.15) is 0 Å². The predicted octanol–water partition coefficient (Wildman–Crippen LogP) is 6.44. The van der Waals surface area contributed by atoms with E-state index in [-0.39, 0.29) is 0 Å². The average Bonchev–Trinajstić information content (AvgIpc) is 2.76. The van der Waals surface area contributed by atoms with Crippen molar-refractivity contribution in [3.05, 3.63) is 58.6 Å². The maximum Gasteiger partial charge on any atom is 0.446 e. The smallest absolute Gasteiger partial charge is 0.303 e. The Hall–Kier alpha value is -1.85. The van der Waals surface area contributed by atoms with Crippen LogP contribution >= 0.6 is 11.6 Å². The van der Waals surface area contributed by atoms with Crippen LogP contribution in [-0.4, -0.2) is 37.0 Å². The molecule has 31 heavy (non-hydrogen) atoms. The van der Waals surface area contributed by atoms with Gasteiger partial charge in [0.25, 0.3) is 0 Å². The molecule has 0 aromatic heterocycles. The lowest BCUT2D eigenvalue weighted by molar-refractivity contribution is -0.156. The molecule has 1 heterocycles. The lowest BCUT2D eigenvalue weighted by atomic mass is 9.52. The number of carbonyl (C=O) groups is 1. The maximum atomic E-state index is 10.4. The van der Waals surface area contributed by atoms with E-state index in [4.69, 9.17) is 16.4 Å². The number of benzene rings is 2. The van der Waals surface area contributed by atoms with Gasteiger partial charge in [-0.05, 0) is 79.6 Å². The molecule has 2 aromatic rings. The molecule has 2 fully saturated rings. The molecule has 5 rings (SSSR count). The van der Waals surface area contributed by atoms with Crippen molar-refractivity contribution < 1.29 is 18.0 Å². The second-order valence-corrected chi connectivity index (χ2v) is 9.49. The van der Waals surface area contributed by atoms with Crippen LogP contribution in [0.2, 0.25) is 5.02 Å². The molecule has 1 unspecified atom stereocenters. The molecule has 1 aliphatic heterocycles. The van der Waals surface area contributed by atoms with Crippen LogP contribution in [0.3, 0.4) is 0 Å². The van der Waals surface area contributed by atoms with Gasteiger partial charge in [0, 0.05) is 16.5 Å². The number of alkyl halides is 3. The number of fused-ring (bicyclic) bond motifs is 1. The van der Waals surface area contributed by atoms with Crippen molar-refractivity contribution in [2.45, 2.75) is 56.2 Å². The van der Waals surface area contributed by atoms with E-state index in [1.165, 1.54) is 56.2 Å². The van der Waals surface area contributed by atoms with Gasteiger partial charge in [-0.1, -0.05) is 54.8 Å². The lowest BCUT2D eigenvalue weighted by Gasteiger charge is -2.58. The second-order valence-electron chi connectivity index (χ2n) is 9.05. The Morgan fingerprint density at radius 1 is 1.06 bits per heavy atom. The third kappa shape index (κ3) is 4.40. The molecule has 3 atom stereocenters. The van der Waals surface area contributed by atoms with E-state index in [1.807, 2.05) is 12.1 Å². The number of halogens is 4. The van der Waals surface area contributed by atoms with Crippen LogP contribution in [0.1, 0.15) is 43.2 Å². The molecule has 0 spiro atoms. The number of likely N-dealkylation sites (tertiary alicyclic amines) is 1. The molecule has 1 saturated heterocycles. The van der Waals surface area contributed by atoms with Crippen molar-refractivity contribution in [2.24, 2.45) is 5.92 Å². The van der Waals surface area contributed by atoms with Gasteiger partial charge in [-0.15, -0.1) is 0 Å². The average molecular weight is 450 g/mol. The summed E-state index contributed by atoms with van der Waals surface area (Å²) < 4.78 is 31.2. The van der Waals surface area contributed by atoms with Crippen LogP contribution in [0.15, 0.2) is 42.5 Å². The fraction of sp³-hybridized carbons (Fsp3) is 0.480. The van der Waals surface area contributed by atoms with Crippen molar-refractivity contribution >= 4 is 17.9 Å². The topological polar surface area (TPSA) is 20.3 Å². The Morgan fingerprint density at radius 2 is 1.74 bits per heavy atom. The lowest BCUT2D eigenvalue weighted by Crippen LogP contribution is -2.59. The van der Waals surface area contributed by atoms with E-state index in [9.17, 15) is 13.2 Å². The van der Waals surface area contributed by atoms with Crippen LogP contribution < -0.4 is 0 Å². The zero-order chi connectivity index (χ0) is 22.2. The van der Waals surface area contributed by atoms with Crippen molar-refractivity contribution in [2.75, 3.05) is 13.6 Å². The quantitative estimate of drug-likeness (QED) is 0.467. The first-order valence-corrected chi connectivity index (χ1v) is 11.2. The maximum absolute atomic E-state index is 10.4. The number of carbonyl (C=O) groups excluding carboxylic acids is 1. The predicted molar refractivity (Wildman–Crippen MR) is 117 cm³/mol. The van der Waals surface area contributed by atoms with Gasteiger partial charge in [-0.25, -0.2) is 0 Å². The summed E-state index contributed by atoms with van der Waals surface area (Å²) in [5.41, 5.74) is 6.35. The van der Waals surface area contributed by atoms with E-state index in [2.05, 4.69) is 42.3 Å². The summed E-state index contributed by atoms with van der Waals surface area (Å²) in [5, 5.41) is 0.811. The van der Waals surface area contributed by atoms with Crippen molar-refractivity contribution in [1.82, 2.24) is 4.90 Å². The minimum Gasteiger partial charge on any atom is -0.303 e. The molecule has 0 N–H and O–H groups in total. The van der Waals surface area contributed by atoms with Crippen molar-refractivity contribution in [1.29, 1.82) is 0 Å². The largest absolute Gasteiger partial charge is 0.446 e. The van der Waals surface area contributed by atoms with Gasteiger partial charge < -0.3 is 4.90 Å². The zero-order valence-corrected chi connectivity index (χ0v) is 18.3. The number of aldehydes is 1. The van der Waals surface area contributed by atoms with Crippen LogP contribution in [0.25, 0.3) is 11.1 Å². The molecule has 2 nitrogen and oxygen atoms in total. The number of nitrogens with zero attached hydrogens (tertiary/aromatic N) is 1. The molecule has 0 amide bonds. The Kier molecular flexibility index (Phi) is 6.19. The standard InChI is InChI=1S/C23H26ClN.C2HF3O/c1-25-13-12-23-11-3-2-4-20(23)22(25)15-18-6-5-17(14-21(18)23)16-7-9-19(24)10-8-16;3-2(4,5)1-6/h5-10,14,20,22H,2-4,11-13,15H2,1H3;1H/t20-,22+,23?;/m1./s1. The molecular formula is C25H27ClF3NO. The number of hydrogen-bond acceptors (Lipinski definition) is 2. The summed E-state index contributed by atoms with van der Waals surface area (Å²) in [7, 11) is 2.34. The van der Waals surface area contributed by atoms with E-state index in [0.717, 1.165) is 17.0 Å². The Morgan fingerprint density at radius 3 is 2.42 bits per heavy atom. The summed E-state index contributed by atoms with van der Waals surface area (Å²) >= 11 is 6.08. The Bertz CT molecular complexity index is 943. The van der Waals surface area contributed by atoms with Crippen molar-refractivity contribution in [3.8, 4) is 11.1 Å². The first kappa shape index (κ1) is 22.3. The first-order valence-electron chi connectivity index (χ1n) is 10.9. The SMILES string of the molecule is CN1CCC23CCCC[C@@H]2[C@@H]1Cc1ccc(-c2ccc(Cl)cc2)cc13.O=CC(F)(F)F. The van der Waals surface area contributed by atoms with Crippen molar-refractivity contribution in [3.63, 3.8) is 0 Å². The minimum atomic E-state index is -4.64. The molecule has 0 radical (unpaired) electrons. The van der Waals surface area contributed by atoms with Crippen LogP contribution in [0.4, 0.5) is 13.2 Å². The Balaban J connectivity index is 0.000000342. The molecule has 166 valence electrons. The van der Waals surface area contributed by atoms with Gasteiger partial charge >= 0.3 is 6.18 Å². The van der Waals surface area contributed by atoms with E-state index in [1.54, 1.807) is 11.1 Å². The molecular weight excluding hydrogens is 423 g/mol. The molecule has 3 aliphatic rings. The third-order valence-corrected chi connectivity index (χ3v) is 7.68. The molecule has 6 heteroatoms. The van der Waals surface area contributed by atoms with Crippen LogP contribution in [0.5, 0.6) is 0 Å². The van der Waals surface area contributed by atoms with Gasteiger partial charge in [0.2, 0.25) is 6.29 Å².